The maximum Gasteiger partial charge on any atom is 0.305 e. The number of benzene rings is 3. The zero-order valence-corrected chi connectivity index (χ0v) is 20.2. The van der Waals surface area contributed by atoms with E-state index in [9.17, 15) is 19.4 Å². The summed E-state index contributed by atoms with van der Waals surface area (Å²) in [5.41, 5.74) is 3.95. The molecule has 5 heteroatoms. The Kier molecular flexibility index (Phi) is 8.96. The Labute approximate surface area is 206 Å². The largest absolute Gasteiger partial charge is 0.481 e. The third-order valence-corrected chi connectivity index (χ3v) is 6.73. The van der Waals surface area contributed by atoms with Gasteiger partial charge in [-0.3, -0.25) is 4.79 Å². The Hall–Kier alpha value is -3.28. The molecular formula is C30H33FO4. The predicted molar refractivity (Wildman–Crippen MR) is 138 cm³/mol. The second-order valence-corrected chi connectivity index (χ2v) is 8.85. The monoisotopic (exact) mass is 476 g/mol. The van der Waals surface area contributed by atoms with Crippen molar-refractivity contribution in [2.75, 3.05) is 0 Å². The summed E-state index contributed by atoms with van der Waals surface area (Å²) in [6.07, 6.45) is 2.24. The summed E-state index contributed by atoms with van der Waals surface area (Å²) < 4.78 is 14.9. The average molecular weight is 477 g/mol. The van der Waals surface area contributed by atoms with Crippen molar-refractivity contribution >= 4 is 12.0 Å². The van der Waals surface area contributed by atoms with Gasteiger partial charge in [-0.15, -0.1) is 0 Å². The minimum Gasteiger partial charge on any atom is -0.481 e. The van der Waals surface area contributed by atoms with Crippen LogP contribution in [0.5, 0.6) is 0 Å². The molecule has 0 unspecified atom stereocenters. The van der Waals surface area contributed by atoms with Gasteiger partial charge in [0.2, 0.25) is 0 Å². The van der Waals surface area contributed by atoms with Crippen LogP contribution in [0.4, 0.5) is 4.39 Å². The average Bonchev–Trinajstić information content (AvgIpc) is 2.84. The van der Waals surface area contributed by atoms with Crippen molar-refractivity contribution in [3.63, 3.8) is 0 Å². The fraction of sp³-hybridized carbons (Fsp3) is 0.300. The van der Waals surface area contributed by atoms with Gasteiger partial charge in [0.15, 0.2) is 0 Å². The first-order valence-electron chi connectivity index (χ1n) is 12.0. The Morgan fingerprint density at radius 3 is 2.20 bits per heavy atom. The molecular weight excluding hydrogens is 443 g/mol. The van der Waals surface area contributed by atoms with Crippen LogP contribution in [0.3, 0.4) is 0 Å². The van der Waals surface area contributed by atoms with Crippen LogP contribution >= 0.6 is 0 Å². The molecule has 184 valence electrons. The lowest BCUT2D eigenvalue weighted by atomic mass is 9.70. The van der Waals surface area contributed by atoms with E-state index in [1.54, 1.807) is 24.3 Å². The standard InChI is InChI=1S/C30H33FO4/c1-3-30(4-2,22-10-6-5-7-11-22)23-16-14-21(15-17-24(32)19-25(33)20-29(34)35)27(18-23)26-12-8-9-13-28(26)31/h5-18,24-25,32-33H,3-4,19-20H2,1-2H3,(H,34,35)/b17-15+/t24-,25-/m1/s1. The van der Waals surface area contributed by atoms with Crippen LogP contribution in [0.2, 0.25) is 0 Å². The van der Waals surface area contributed by atoms with Crippen LogP contribution in [0.15, 0.2) is 78.9 Å². The minimum absolute atomic E-state index is 0.0985. The van der Waals surface area contributed by atoms with E-state index in [-0.39, 0.29) is 17.7 Å². The summed E-state index contributed by atoms with van der Waals surface area (Å²) in [5, 5.41) is 28.9. The molecule has 2 atom stereocenters. The number of aliphatic hydroxyl groups is 2. The maximum absolute atomic E-state index is 14.9. The van der Waals surface area contributed by atoms with Gasteiger partial charge in [-0.05, 0) is 47.2 Å². The van der Waals surface area contributed by atoms with Crippen LogP contribution in [0, 0.1) is 5.82 Å². The molecule has 0 radical (unpaired) electrons. The van der Waals surface area contributed by atoms with E-state index in [4.69, 9.17) is 5.11 Å². The molecule has 0 aliphatic rings. The van der Waals surface area contributed by atoms with Gasteiger partial charge >= 0.3 is 5.97 Å². The van der Waals surface area contributed by atoms with E-state index >= 15 is 0 Å². The Morgan fingerprint density at radius 1 is 0.914 bits per heavy atom. The van der Waals surface area contributed by atoms with Crippen LogP contribution in [-0.2, 0) is 10.2 Å². The Balaban J connectivity index is 2.06. The van der Waals surface area contributed by atoms with Crippen molar-refractivity contribution < 1.29 is 24.5 Å². The fourth-order valence-electron chi connectivity index (χ4n) is 4.76. The number of carbonyl (C=O) groups is 1. The van der Waals surface area contributed by atoms with E-state index in [0.29, 0.717) is 11.1 Å². The first-order valence-corrected chi connectivity index (χ1v) is 12.0. The van der Waals surface area contributed by atoms with Gasteiger partial charge < -0.3 is 15.3 Å². The number of aliphatic carboxylic acids is 1. The molecule has 4 nitrogen and oxygen atoms in total. The van der Waals surface area contributed by atoms with Gasteiger partial charge in [-0.2, -0.15) is 0 Å². The molecule has 0 aromatic heterocycles. The molecule has 0 saturated carbocycles. The van der Waals surface area contributed by atoms with E-state index < -0.39 is 24.6 Å². The summed E-state index contributed by atoms with van der Waals surface area (Å²) in [6, 6.07) is 22.9. The van der Waals surface area contributed by atoms with Crippen molar-refractivity contribution in [1.29, 1.82) is 0 Å². The van der Waals surface area contributed by atoms with Crippen LogP contribution in [0.25, 0.3) is 17.2 Å². The van der Waals surface area contributed by atoms with Gasteiger partial charge in [-0.25, -0.2) is 4.39 Å². The van der Waals surface area contributed by atoms with Gasteiger partial charge in [-0.1, -0.05) is 86.7 Å². The van der Waals surface area contributed by atoms with E-state index in [0.717, 1.165) is 24.0 Å². The molecule has 3 rings (SSSR count). The second kappa shape index (κ2) is 11.9. The quantitative estimate of drug-likeness (QED) is 0.308. The van der Waals surface area contributed by atoms with Crippen LogP contribution in [0.1, 0.15) is 56.2 Å². The van der Waals surface area contributed by atoms with Gasteiger partial charge in [0, 0.05) is 17.4 Å². The lowest BCUT2D eigenvalue weighted by molar-refractivity contribution is -0.139. The van der Waals surface area contributed by atoms with Gasteiger partial charge in [0.1, 0.15) is 5.82 Å². The van der Waals surface area contributed by atoms with E-state index in [1.807, 2.05) is 30.3 Å². The molecule has 0 aliphatic carbocycles. The highest BCUT2D eigenvalue weighted by Crippen LogP contribution is 2.41. The van der Waals surface area contributed by atoms with E-state index in [2.05, 4.69) is 32.0 Å². The zero-order valence-electron chi connectivity index (χ0n) is 20.2. The summed E-state index contributed by atoms with van der Waals surface area (Å²) in [4.78, 5) is 10.8. The molecule has 0 fully saturated rings. The molecule has 3 aromatic carbocycles. The number of hydrogen-bond donors (Lipinski definition) is 3. The second-order valence-electron chi connectivity index (χ2n) is 8.85. The highest BCUT2D eigenvalue weighted by atomic mass is 19.1. The highest BCUT2D eigenvalue weighted by molar-refractivity contribution is 5.77. The molecule has 0 aliphatic heterocycles. The SMILES string of the molecule is CCC(CC)(c1ccccc1)c1ccc(/C=C/[C@@H](O)C[C@@H](O)CC(=O)O)c(-c2ccccc2F)c1. The summed E-state index contributed by atoms with van der Waals surface area (Å²) in [5.74, 6) is -1.46. The third kappa shape index (κ3) is 6.24. The number of carboxylic acid groups (broad SMARTS) is 1. The molecule has 0 bridgehead atoms. The molecule has 0 heterocycles. The lowest BCUT2D eigenvalue weighted by Crippen LogP contribution is -2.26. The number of halogens is 1. The Morgan fingerprint density at radius 2 is 1.57 bits per heavy atom. The molecule has 0 amide bonds. The lowest BCUT2D eigenvalue weighted by Gasteiger charge is -2.34. The first-order chi connectivity index (χ1) is 16.8. The maximum atomic E-state index is 14.9. The van der Waals surface area contributed by atoms with Crippen molar-refractivity contribution in [3.05, 3.63) is 101 Å². The Bertz CT molecular complexity index is 1150. The molecule has 35 heavy (non-hydrogen) atoms. The number of hydrogen-bond acceptors (Lipinski definition) is 3. The molecule has 3 N–H and O–H groups in total. The zero-order chi connectivity index (χ0) is 25.4. The van der Waals surface area contributed by atoms with Gasteiger partial charge in [0.25, 0.3) is 0 Å². The molecule has 0 saturated heterocycles. The first kappa shape index (κ1) is 26.3. The van der Waals surface area contributed by atoms with Gasteiger partial charge in [0.05, 0.1) is 18.6 Å². The summed E-state index contributed by atoms with van der Waals surface area (Å²) in [7, 11) is 0. The molecule has 0 spiro atoms. The molecule has 3 aromatic rings. The van der Waals surface area contributed by atoms with Crippen LogP contribution in [-0.4, -0.2) is 33.5 Å². The third-order valence-electron chi connectivity index (χ3n) is 6.73. The predicted octanol–water partition coefficient (Wildman–Crippen LogP) is 6.20. The summed E-state index contributed by atoms with van der Waals surface area (Å²) >= 11 is 0. The normalized spacial score (nSPS) is 13.6. The van der Waals surface area contributed by atoms with E-state index in [1.165, 1.54) is 17.7 Å². The van der Waals surface area contributed by atoms with Crippen molar-refractivity contribution in [2.45, 2.75) is 57.2 Å². The smallest absolute Gasteiger partial charge is 0.305 e. The van der Waals surface area contributed by atoms with Crippen LogP contribution < -0.4 is 0 Å². The van der Waals surface area contributed by atoms with Crippen molar-refractivity contribution in [2.24, 2.45) is 0 Å². The number of rotatable bonds is 11. The highest BCUT2D eigenvalue weighted by Gasteiger charge is 2.31. The fourth-order valence-corrected chi connectivity index (χ4v) is 4.76. The summed E-state index contributed by atoms with van der Waals surface area (Å²) in [6.45, 7) is 4.32. The number of carboxylic acids is 1. The van der Waals surface area contributed by atoms with Crippen molar-refractivity contribution in [3.8, 4) is 11.1 Å². The number of aliphatic hydroxyl groups excluding tert-OH is 2. The minimum atomic E-state index is -1.15. The van der Waals surface area contributed by atoms with Crippen molar-refractivity contribution in [1.82, 2.24) is 0 Å². The topological polar surface area (TPSA) is 77.8 Å².